The Labute approximate surface area is 81.3 Å². The molecule has 4 nitrogen and oxygen atoms in total. The van der Waals surface area contributed by atoms with Crippen LogP contribution in [0.1, 0.15) is 12.5 Å². The van der Waals surface area contributed by atoms with Gasteiger partial charge in [-0.2, -0.15) is 8.42 Å². The lowest BCUT2D eigenvalue weighted by atomic mass is 10.1. The van der Waals surface area contributed by atoms with E-state index in [1.165, 1.54) is 18.2 Å². The molecular formula is C8H9FO4S. The fraction of sp³-hybridized carbons (Fsp3) is 0.250. The molecule has 0 amide bonds. The monoisotopic (exact) mass is 220 g/mol. The zero-order valence-electron chi connectivity index (χ0n) is 7.40. The molecule has 0 fully saturated rings. The van der Waals surface area contributed by atoms with Crippen molar-refractivity contribution in [2.45, 2.75) is 13.3 Å². The van der Waals surface area contributed by atoms with E-state index in [9.17, 15) is 12.8 Å². The minimum absolute atomic E-state index is 0.116. The second-order valence-corrected chi connectivity index (χ2v) is 3.60. The van der Waals surface area contributed by atoms with Gasteiger partial charge >= 0.3 is 10.4 Å². The van der Waals surface area contributed by atoms with E-state index in [0.717, 1.165) is 0 Å². The van der Waals surface area contributed by atoms with Crippen LogP contribution in [0.5, 0.6) is 5.75 Å². The van der Waals surface area contributed by atoms with Gasteiger partial charge in [0.1, 0.15) is 5.82 Å². The molecule has 1 rings (SSSR count). The molecule has 0 aliphatic rings. The first-order chi connectivity index (χ1) is 6.44. The minimum Gasteiger partial charge on any atom is -0.361 e. The molecular weight excluding hydrogens is 211 g/mol. The number of halogens is 1. The summed E-state index contributed by atoms with van der Waals surface area (Å²) in [5, 5.41) is 0. The number of rotatable bonds is 3. The summed E-state index contributed by atoms with van der Waals surface area (Å²) < 4.78 is 46.5. The van der Waals surface area contributed by atoms with E-state index in [4.69, 9.17) is 4.55 Å². The number of benzene rings is 1. The normalized spacial score (nSPS) is 11.4. The van der Waals surface area contributed by atoms with Gasteiger partial charge in [-0.15, -0.1) is 0 Å². The largest absolute Gasteiger partial charge is 0.446 e. The van der Waals surface area contributed by atoms with E-state index in [0.29, 0.717) is 0 Å². The lowest BCUT2D eigenvalue weighted by molar-refractivity contribution is 0.384. The number of hydrogen-bond acceptors (Lipinski definition) is 3. The molecule has 1 N–H and O–H groups in total. The summed E-state index contributed by atoms with van der Waals surface area (Å²) in [5.41, 5.74) is 0.116. The Morgan fingerprint density at radius 2 is 2.14 bits per heavy atom. The highest BCUT2D eigenvalue weighted by Gasteiger charge is 2.13. The standard InChI is InChI=1S/C8H9FO4S/c1-2-6-7(9)4-3-5-8(6)13-14(10,11)12/h3-5H,2H2,1H3,(H,10,11,12). The first-order valence-corrected chi connectivity index (χ1v) is 5.25. The average molecular weight is 220 g/mol. The molecule has 0 spiro atoms. The van der Waals surface area contributed by atoms with Crippen LogP contribution in [0, 0.1) is 5.82 Å². The van der Waals surface area contributed by atoms with Crippen molar-refractivity contribution >= 4 is 10.4 Å². The van der Waals surface area contributed by atoms with Crippen molar-refractivity contribution in [1.82, 2.24) is 0 Å². The molecule has 0 aliphatic heterocycles. The van der Waals surface area contributed by atoms with E-state index < -0.39 is 16.2 Å². The topological polar surface area (TPSA) is 63.6 Å². The Hall–Kier alpha value is -1.14. The van der Waals surface area contributed by atoms with E-state index in [2.05, 4.69) is 4.18 Å². The summed E-state index contributed by atoms with van der Waals surface area (Å²) in [6.07, 6.45) is 0.275. The third kappa shape index (κ3) is 2.68. The van der Waals surface area contributed by atoms with Crippen molar-refractivity contribution < 1.29 is 21.5 Å². The second kappa shape index (κ2) is 3.93. The van der Waals surface area contributed by atoms with Gasteiger partial charge in [0.25, 0.3) is 0 Å². The van der Waals surface area contributed by atoms with Crippen LogP contribution in [-0.4, -0.2) is 13.0 Å². The Morgan fingerprint density at radius 3 is 2.64 bits per heavy atom. The Kier molecular flexibility index (Phi) is 3.07. The lowest BCUT2D eigenvalue weighted by Crippen LogP contribution is -2.08. The van der Waals surface area contributed by atoms with Gasteiger partial charge in [0.2, 0.25) is 0 Å². The molecule has 0 aromatic heterocycles. The van der Waals surface area contributed by atoms with Crippen LogP contribution in [0.15, 0.2) is 18.2 Å². The summed E-state index contributed by atoms with van der Waals surface area (Å²) >= 11 is 0. The first-order valence-electron chi connectivity index (χ1n) is 3.88. The molecule has 14 heavy (non-hydrogen) atoms. The molecule has 0 bridgehead atoms. The molecule has 1 aromatic rings. The molecule has 6 heteroatoms. The Morgan fingerprint density at radius 1 is 1.50 bits per heavy atom. The van der Waals surface area contributed by atoms with Gasteiger partial charge in [0.15, 0.2) is 5.75 Å². The fourth-order valence-corrected chi connectivity index (χ4v) is 1.46. The van der Waals surface area contributed by atoms with Crippen molar-refractivity contribution in [2.75, 3.05) is 0 Å². The smallest absolute Gasteiger partial charge is 0.361 e. The van der Waals surface area contributed by atoms with Gasteiger partial charge in [0, 0.05) is 5.56 Å². The van der Waals surface area contributed by atoms with Gasteiger partial charge in [0.05, 0.1) is 0 Å². The molecule has 0 saturated heterocycles. The number of hydrogen-bond donors (Lipinski definition) is 1. The van der Waals surface area contributed by atoms with Gasteiger partial charge in [-0.25, -0.2) is 4.39 Å². The maximum absolute atomic E-state index is 13.1. The lowest BCUT2D eigenvalue weighted by Gasteiger charge is -2.07. The predicted molar refractivity (Wildman–Crippen MR) is 48.0 cm³/mol. The molecule has 78 valence electrons. The van der Waals surface area contributed by atoms with Gasteiger partial charge < -0.3 is 4.18 Å². The molecule has 0 aliphatic carbocycles. The van der Waals surface area contributed by atoms with Crippen LogP contribution in [0.3, 0.4) is 0 Å². The third-order valence-electron chi connectivity index (χ3n) is 1.62. The highest BCUT2D eigenvalue weighted by atomic mass is 32.3. The minimum atomic E-state index is -4.59. The fourth-order valence-electron chi connectivity index (χ4n) is 1.07. The van der Waals surface area contributed by atoms with Crippen LogP contribution in [0.25, 0.3) is 0 Å². The summed E-state index contributed by atoms with van der Waals surface area (Å²) in [6.45, 7) is 1.65. The first kappa shape index (κ1) is 10.9. The average Bonchev–Trinajstić information content (AvgIpc) is 2.01. The Bertz CT molecular complexity index is 427. The van der Waals surface area contributed by atoms with Gasteiger partial charge in [-0.1, -0.05) is 13.0 Å². The van der Waals surface area contributed by atoms with E-state index in [1.54, 1.807) is 6.92 Å². The third-order valence-corrected chi connectivity index (χ3v) is 2.01. The van der Waals surface area contributed by atoms with E-state index in [-0.39, 0.29) is 17.7 Å². The SMILES string of the molecule is CCc1c(F)cccc1OS(=O)(=O)O. The van der Waals surface area contributed by atoms with Crippen molar-refractivity contribution in [1.29, 1.82) is 0 Å². The van der Waals surface area contributed by atoms with Crippen molar-refractivity contribution in [3.63, 3.8) is 0 Å². The molecule has 1 aromatic carbocycles. The highest BCUT2D eigenvalue weighted by molar-refractivity contribution is 7.81. The molecule has 0 atom stereocenters. The summed E-state index contributed by atoms with van der Waals surface area (Å²) in [6, 6.07) is 3.76. The van der Waals surface area contributed by atoms with E-state index >= 15 is 0 Å². The molecule has 0 radical (unpaired) electrons. The van der Waals surface area contributed by atoms with Crippen LogP contribution < -0.4 is 4.18 Å². The van der Waals surface area contributed by atoms with Crippen LogP contribution in [-0.2, 0) is 16.8 Å². The van der Waals surface area contributed by atoms with E-state index in [1.807, 2.05) is 0 Å². The summed E-state index contributed by atoms with van der Waals surface area (Å²) in [7, 11) is -4.59. The predicted octanol–water partition coefficient (Wildman–Crippen LogP) is 1.57. The molecule has 0 heterocycles. The second-order valence-electron chi connectivity index (χ2n) is 2.58. The highest BCUT2D eigenvalue weighted by Crippen LogP contribution is 2.22. The maximum atomic E-state index is 13.1. The summed E-state index contributed by atoms with van der Waals surface area (Å²) in [5.74, 6) is -0.747. The van der Waals surface area contributed by atoms with Crippen molar-refractivity contribution in [3.8, 4) is 5.75 Å². The molecule has 0 saturated carbocycles. The zero-order chi connectivity index (χ0) is 10.8. The summed E-state index contributed by atoms with van der Waals surface area (Å²) in [4.78, 5) is 0. The van der Waals surface area contributed by atoms with Gasteiger partial charge in [-0.3, -0.25) is 4.55 Å². The zero-order valence-corrected chi connectivity index (χ0v) is 8.21. The van der Waals surface area contributed by atoms with Crippen LogP contribution >= 0.6 is 0 Å². The Balaban J connectivity index is 3.15. The van der Waals surface area contributed by atoms with Crippen molar-refractivity contribution in [3.05, 3.63) is 29.6 Å². The van der Waals surface area contributed by atoms with Crippen LogP contribution in [0.2, 0.25) is 0 Å². The molecule has 0 unspecified atom stereocenters. The maximum Gasteiger partial charge on any atom is 0.446 e. The van der Waals surface area contributed by atoms with Crippen LogP contribution in [0.4, 0.5) is 4.39 Å². The van der Waals surface area contributed by atoms with Gasteiger partial charge in [-0.05, 0) is 18.6 Å². The van der Waals surface area contributed by atoms with Crippen molar-refractivity contribution in [2.24, 2.45) is 0 Å². The quantitative estimate of drug-likeness (QED) is 0.785.